The Bertz CT molecular complexity index is 763. The maximum Gasteiger partial charge on any atom is 0.320 e. The van der Waals surface area contributed by atoms with E-state index >= 15 is 0 Å². The van der Waals surface area contributed by atoms with Gasteiger partial charge in [0.25, 0.3) is 0 Å². The van der Waals surface area contributed by atoms with E-state index in [1.807, 2.05) is 13.0 Å². The zero-order chi connectivity index (χ0) is 17.1. The summed E-state index contributed by atoms with van der Waals surface area (Å²) in [6.07, 6.45) is 1.88. The van der Waals surface area contributed by atoms with Crippen LogP contribution >= 0.6 is 11.6 Å². The number of carbonyl (C=O) groups is 2. The van der Waals surface area contributed by atoms with Gasteiger partial charge in [0.1, 0.15) is 5.82 Å². The number of halogens is 1. The number of hydrogen-bond donors (Lipinski definition) is 2. The lowest BCUT2D eigenvalue weighted by Gasteiger charge is -2.17. The highest BCUT2D eigenvalue weighted by Crippen LogP contribution is 2.23. The third-order valence-electron chi connectivity index (χ3n) is 3.84. The van der Waals surface area contributed by atoms with Crippen LogP contribution in [0.3, 0.4) is 0 Å². The van der Waals surface area contributed by atoms with Crippen molar-refractivity contribution in [3.63, 3.8) is 0 Å². The molecule has 124 valence electrons. The molecule has 0 spiro atoms. The Morgan fingerprint density at radius 3 is 2.75 bits per heavy atom. The average Bonchev–Trinajstić information content (AvgIpc) is 2.90. The molecule has 1 fully saturated rings. The van der Waals surface area contributed by atoms with Crippen molar-refractivity contribution in [2.75, 3.05) is 16.8 Å². The van der Waals surface area contributed by atoms with E-state index in [1.165, 1.54) is 0 Å². The first kappa shape index (κ1) is 16.3. The summed E-state index contributed by atoms with van der Waals surface area (Å²) in [7, 11) is 0. The van der Waals surface area contributed by atoms with Crippen LogP contribution in [0.4, 0.5) is 16.3 Å². The molecule has 2 aromatic rings. The molecule has 2 heterocycles. The van der Waals surface area contributed by atoms with E-state index < -0.39 is 0 Å². The lowest BCUT2D eigenvalue weighted by Crippen LogP contribution is -2.40. The normalized spacial score (nSPS) is 17.0. The fourth-order valence-electron chi connectivity index (χ4n) is 2.62. The van der Waals surface area contributed by atoms with Gasteiger partial charge in [0, 0.05) is 29.9 Å². The van der Waals surface area contributed by atoms with Crippen molar-refractivity contribution in [2.24, 2.45) is 0 Å². The molecule has 0 unspecified atom stereocenters. The van der Waals surface area contributed by atoms with Crippen LogP contribution in [-0.2, 0) is 4.79 Å². The van der Waals surface area contributed by atoms with E-state index in [2.05, 4.69) is 15.6 Å². The van der Waals surface area contributed by atoms with Gasteiger partial charge in [-0.15, -0.1) is 0 Å². The van der Waals surface area contributed by atoms with E-state index in [9.17, 15) is 9.59 Å². The monoisotopic (exact) mass is 344 g/mol. The summed E-state index contributed by atoms with van der Waals surface area (Å²) >= 11 is 5.87. The molecule has 0 radical (unpaired) electrons. The third kappa shape index (κ3) is 3.65. The first-order valence-corrected chi connectivity index (χ1v) is 7.96. The van der Waals surface area contributed by atoms with Gasteiger partial charge in [-0.2, -0.15) is 0 Å². The van der Waals surface area contributed by atoms with Crippen LogP contribution in [0, 0.1) is 6.92 Å². The van der Waals surface area contributed by atoms with E-state index in [-0.39, 0.29) is 24.4 Å². The predicted octanol–water partition coefficient (Wildman–Crippen LogP) is 2.97. The molecule has 1 aliphatic rings. The van der Waals surface area contributed by atoms with Crippen molar-refractivity contribution in [3.05, 3.63) is 53.2 Å². The Kier molecular flexibility index (Phi) is 4.66. The second-order valence-electron chi connectivity index (χ2n) is 5.65. The average molecular weight is 345 g/mol. The highest BCUT2D eigenvalue weighted by Gasteiger charge is 2.31. The van der Waals surface area contributed by atoms with Gasteiger partial charge < -0.3 is 10.2 Å². The van der Waals surface area contributed by atoms with Gasteiger partial charge >= 0.3 is 6.03 Å². The molecule has 24 heavy (non-hydrogen) atoms. The number of anilines is 2. The Balaban J connectivity index is 1.61. The van der Waals surface area contributed by atoms with Gasteiger partial charge in [0.2, 0.25) is 5.91 Å². The first-order valence-electron chi connectivity index (χ1n) is 7.58. The summed E-state index contributed by atoms with van der Waals surface area (Å²) in [6.45, 7) is 2.29. The Morgan fingerprint density at radius 2 is 2.04 bits per heavy atom. The summed E-state index contributed by atoms with van der Waals surface area (Å²) < 4.78 is 0. The molecule has 0 aliphatic carbocycles. The maximum absolute atomic E-state index is 12.2. The minimum atomic E-state index is -0.368. The number of hydrogen-bond acceptors (Lipinski definition) is 3. The highest BCUT2D eigenvalue weighted by atomic mass is 35.5. The van der Waals surface area contributed by atoms with E-state index in [1.54, 1.807) is 41.4 Å². The number of nitrogens with zero attached hydrogens (tertiary/aromatic N) is 2. The minimum Gasteiger partial charge on any atom is -0.333 e. The Labute approximate surface area is 144 Å². The summed E-state index contributed by atoms with van der Waals surface area (Å²) in [5.41, 5.74) is 1.65. The predicted molar refractivity (Wildman–Crippen MR) is 93.3 cm³/mol. The lowest BCUT2D eigenvalue weighted by atomic mass is 10.2. The Hall–Kier alpha value is -2.60. The molecule has 0 saturated carbocycles. The molecule has 2 N–H and O–H groups in total. The molecule has 1 aromatic carbocycles. The number of pyridine rings is 1. The quantitative estimate of drug-likeness (QED) is 0.899. The van der Waals surface area contributed by atoms with Crippen LogP contribution in [0.25, 0.3) is 0 Å². The fraction of sp³-hybridized carbons (Fsp3) is 0.235. The molecule has 1 saturated heterocycles. The van der Waals surface area contributed by atoms with Gasteiger partial charge in [-0.05, 0) is 42.8 Å². The van der Waals surface area contributed by atoms with Crippen molar-refractivity contribution < 1.29 is 9.59 Å². The van der Waals surface area contributed by atoms with E-state index in [0.717, 1.165) is 11.3 Å². The van der Waals surface area contributed by atoms with Crippen LogP contribution in [0.5, 0.6) is 0 Å². The summed E-state index contributed by atoms with van der Waals surface area (Å²) in [5.74, 6) is 0.477. The second kappa shape index (κ2) is 6.88. The number of rotatable bonds is 3. The van der Waals surface area contributed by atoms with Crippen molar-refractivity contribution in [3.8, 4) is 0 Å². The van der Waals surface area contributed by atoms with Crippen LogP contribution in [0.2, 0.25) is 5.02 Å². The number of carbonyl (C=O) groups excluding carboxylic acids is 2. The molecule has 1 aromatic heterocycles. The largest absolute Gasteiger partial charge is 0.333 e. The van der Waals surface area contributed by atoms with Gasteiger partial charge in [0.05, 0.1) is 6.04 Å². The fourth-order valence-corrected chi connectivity index (χ4v) is 2.75. The maximum atomic E-state index is 12.2. The molecule has 3 rings (SSSR count). The number of amides is 3. The Morgan fingerprint density at radius 1 is 1.29 bits per heavy atom. The molecule has 0 bridgehead atoms. The van der Waals surface area contributed by atoms with Crippen LogP contribution in [-0.4, -0.2) is 29.5 Å². The number of nitrogens with one attached hydrogen (secondary N) is 2. The number of aryl methyl sites for hydroxylation is 1. The summed E-state index contributed by atoms with van der Waals surface area (Å²) in [6, 6.07) is 10.1. The van der Waals surface area contributed by atoms with Gasteiger partial charge in [0.15, 0.2) is 0 Å². The van der Waals surface area contributed by atoms with Gasteiger partial charge in [-0.3, -0.25) is 10.1 Å². The molecular weight excluding hydrogens is 328 g/mol. The summed E-state index contributed by atoms with van der Waals surface area (Å²) in [4.78, 5) is 30.0. The smallest absolute Gasteiger partial charge is 0.320 e. The second-order valence-corrected chi connectivity index (χ2v) is 6.09. The lowest BCUT2D eigenvalue weighted by molar-refractivity contribution is -0.117. The van der Waals surface area contributed by atoms with E-state index in [4.69, 9.17) is 11.6 Å². The number of urea groups is 1. The van der Waals surface area contributed by atoms with Crippen LogP contribution in [0.15, 0.2) is 42.6 Å². The molecule has 6 nitrogen and oxygen atoms in total. The van der Waals surface area contributed by atoms with Crippen LogP contribution < -0.4 is 15.5 Å². The highest BCUT2D eigenvalue weighted by molar-refractivity contribution is 6.30. The first-order chi connectivity index (χ1) is 11.5. The SMILES string of the molecule is Cc1cccnc1NC(=O)N[C@@H]1CC(=O)N(c2ccc(Cl)cc2)C1. The zero-order valence-corrected chi connectivity index (χ0v) is 13.9. The van der Waals surface area contributed by atoms with E-state index in [0.29, 0.717) is 17.4 Å². The summed E-state index contributed by atoms with van der Waals surface area (Å²) in [5, 5.41) is 6.14. The molecule has 1 atom stereocenters. The van der Waals surface area contributed by atoms with Crippen molar-refractivity contribution in [2.45, 2.75) is 19.4 Å². The van der Waals surface area contributed by atoms with Crippen molar-refractivity contribution >= 4 is 35.0 Å². The van der Waals surface area contributed by atoms with Crippen LogP contribution in [0.1, 0.15) is 12.0 Å². The zero-order valence-electron chi connectivity index (χ0n) is 13.1. The molecule has 3 amide bonds. The van der Waals surface area contributed by atoms with Gasteiger partial charge in [-0.25, -0.2) is 9.78 Å². The topological polar surface area (TPSA) is 74.3 Å². The third-order valence-corrected chi connectivity index (χ3v) is 4.09. The minimum absolute atomic E-state index is 0.0309. The standard InChI is InChI=1S/C17H17ClN4O2/c1-11-3-2-8-19-16(11)21-17(24)20-13-9-15(23)22(10-13)14-6-4-12(18)5-7-14/h2-8,13H,9-10H2,1H3,(H2,19,20,21,24)/t13-/m1/s1. The molecule has 7 heteroatoms. The van der Waals surface area contributed by atoms with Crippen molar-refractivity contribution in [1.82, 2.24) is 10.3 Å². The van der Waals surface area contributed by atoms with Crippen molar-refractivity contribution in [1.29, 1.82) is 0 Å². The number of benzene rings is 1. The number of aromatic nitrogens is 1. The van der Waals surface area contributed by atoms with Gasteiger partial charge in [-0.1, -0.05) is 17.7 Å². The molecule has 1 aliphatic heterocycles. The molecular formula is C17H17ClN4O2.